The van der Waals surface area contributed by atoms with Gasteiger partial charge in [-0.2, -0.15) is 0 Å². The van der Waals surface area contributed by atoms with Crippen LogP contribution >= 0.6 is 0 Å². The first-order chi connectivity index (χ1) is 6.97. The molecule has 1 aliphatic heterocycles. The molecule has 3 nitrogen and oxygen atoms in total. The molecule has 1 saturated heterocycles. The fourth-order valence-electron chi connectivity index (χ4n) is 2.30. The van der Waals surface area contributed by atoms with Crippen LogP contribution in [0.1, 0.15) is 27.7 Å². The zero-order valence-corrected chi connectivity index (χ0v) is 10.2. The quantitative estimate of drug-likeness (QED) is 0.645. The van der Waals surface area contributed by atoms with Crippen LogP contribution < -0.4 is 0 Å². The molecule has 0 aliphatic carbocycles. The van der Waals surface area contributed by atoms with Crippen molar-refractivity contribution in [2.75, 3.05) is 13.1 Å². The van der Waals surface area contributed by atoms with E-state index in [0.29, 0.717) is 12.1 Å². The van der Waals surface area contributed by atoms with Crippen molar-refractivity contribution >= 4 is 5.91 Å². The summed E-state index contributed by atoms with van der Waals surface area (Å²) >= 11 is 0. The molecule has 0 spiro atoms. The first-order valence-electron chi connectivity index (χ1n) is 5.66. The molecule has 0 aromatic rings. The van der Waals surface area contributed by atoms with E-state index in [0.717, 1.165) is 13.1 Å². The predicted octanol–water partition coefficient (Wildman–Crippen LogP) is 1.50. The molecule has 0 N–H and O–H groups in total. The van der Waals surface area contributed by atoms with Crippen molar-refractivity contribution in [3.05, 3.63) is 12.7 Å². The molecule has 1 aliphatic rings. The summed E-state index contributed by atoms with van der Waals surface area (Å²) in [6.07, 6.45) is 1.41. The summed E-state index contributed by atoms with van der Waals surface area (Å²) in [6, 6.07) is 1.27. The lowest BCUT2D eigenvalue weighted by Crippen LogP contribution is -2.59. The second kappa shape index (κ2) is 4.79. The van der Waals surface area contributed by atoms with E-state index in [2.05, 4.69) is 39.2 Å². The molecule has 1 rings (SSSR count). The van der Waals surface area contributed by atoms with Gasteiger partial charge in [-0.25, -0.2) is 0 Å². The highest BCUT2D eigenvalue weighted by Gasteiger charge is 2.31. The molecule has 1 heterocycles. The Balaban J connectivity index is 2.70. The van der Waals surface area contributed by atoms with Crippen molar-refractivity contribution in [2.45, 2.75) is 45.8 Å². The molecule has 0 bridgehead atoms. The fourth-order valence-corrected chi connectivity index (χ4v) is 2.30. The summed E-state index contributed by atoms with van der Waals surface area (Å²) in [5, 5.41) is 0. The lowest BCUT2D eigenvalue weighted by Gasteiger charge is -2.45. The van der Waals surface area contributed by atoms with Gasteiger partial charge < -0.3 is 4.90 Å². The van der Waals surface area contributed by atoms with E-state index in [-0.39, 0.29) is 11.9 Å². The average molecular weight is 210 g/mol. The van der Waals surface area contributed by atoms with Crippen LogP contribution in [-0.4, -0.2) is 46.9 Å². The van der Waals surface area contributed by atoms with E-state index in [9.17, 15) is 4.79 Å². The number of piperazine rings is 1. The summed E-state index contributed by atoms with van der Waals surface area (Å²) in [6.45, 7) is 14.0. The van der Waals surface area contributed by atoms with Gasteiger partial charge in [-0.1, -0.05) is 6.58 Å². The molecule has 2 atom stereocenters. The average Bonchev–Trinajstić information content (AvgIpc) is 2.19. The van der Waals surface area contributed by atoms with Crippen molar-refractivity contribution < 1.29 is 4.79 Å². The van der Waals surface area contributed by atoms with Crippen molar-refractivity contribution in [1.82, 2.24) is 9.80 Å². The maximum atomic E-state index is 11.6. The number of rotatable bonds is 2. The number of nitrogens with zero attached hydrogens (tertiary/aromatic N) is 2. The molecule has 3 heteroatoms. The highest BCUT2D eigenvalue weighted by atomic mass is 16.2. The molecule has 86 valence electrons. The standard InChI is InChI=1S/C12H22N2O/c1-6-12(15)14-8-10(4)13(9(2)3)7-11(14)5/h6,9-11H,1,7-8H2,2-5H3. The molecule has 0 radical (unpaired) electrons. The minimum Gasteiger partial charge on any atom is -0.334 e. The number of hydrogen-bond donors (Lipinski definition) is 0. The van der Waals surface area contributed by atoms with Crippen LogP contribution in [0.2, 0.25) is 0 Å². The van der Waals surface area contributed by atoms with Crippen molar-refractivity contribution in [2.24, 2.45) is 0 Å². The smallest absolute Gasteiger partial charge is 0.246 e. The van der Waals surface area contributed by atoms with Gasteiger partial charge in [0.2, 0.25) is 5.91 Å². The topological polar surface area (TPSA) is 23.6 Å². The molecule has 0 aromatic carbocycles. The van der Waals surface area contributed by atoms with Crippen molar-refractivity contribution in [1.29, 1.82) is 0 Å². The van der Waals surface area contributed by atoms with Crippen molar-refractivity contribution in [3.8, 4) is 0 Å². The highest BCUT2D eigenvalue weighted by molar-refractivity contribution is 5.87. The van der Waals surface area contributed by atoms with E-state index >= 15 is 0 Å². The number of carbonyl (C=O) groups is 1. The Hall–Kier alpha value is -0.830. The number of carbonyl (C=O) groups excluding carboxylic acids is 1. The third kappa shape index (κ3) is 2.59. The molecule has 0 saturated carbocycles. The largest absolute Gasteiger partial charge is 0.334 e. The lowest BCUT2D eigenvalue weighted by atomic mass is 10.1. The Kier molecular flexibility index (Phi) is 3.91. The molecular weight excluding hydrogens is 188 g/mol. The SMILES string of the molecule is C=CC(=O)N1CC(C)N(C(C)C)CC1C. The van der Waals surface area contributed by atoms with E-state index in [1.54, 1.807) is 0 Å². The monoisotopic (exact) mass is 210 g/mol. The van der Waals surface area contributed by atoms with E-state index in [1.165, 1.54) is 6.08 Å². The van der Waals surface area contributed by atoms with Gasteiger partial charge in [-0.3, -0.25) is 9.69 Å². The van der Waals surface area contributed by atoms with Gasteiger partial charge >= 0.3 is 0 Å². The van der Waals surface area contributed by atoms with Gasteiger partial charge in [-0.15, -0.1) is 0 Å². The molecule has 1 amide bonds. The van der Waals surface area contributed by atoms with E-state index in [1.807, 2.05) is 4.90 Å². The zero-order chi connectivity index (χ0) is 11.6. The van der Waals surface area contributed by atoms with Crippen molar-refractivity contribution in [3.63, 3.8) is 0 Å². The lowest BCUT2D eigenvalue weighted by molar-refractivity contribution is -0.132. The van der Waals surface area contributed by atoms with Crippen LogP contribution in [-0.2, 0) is 4.79 Å². The second-order valence-corrected chi connectivity index (χ2v) is 4.68. The maximum absolute atomic E-state index is 11.6. The van der Waals surface area contributed by atoms with Gasteiger partial charge in [0.05, 0.1) is 0 Å². The Morgan fingerprint density at radius 3 is 2.40 bits per heavy atom. The van der Waals surface area contributed by atoms with E-state index in [4.69, 9.17) is 0 Å². The first kappa shape index (κ1) is 12.2. The van der Waals surface area contributed by atoms with Gasteiger partial charge in [0.15, 0.2) is 0 Å². The Bertz CT molecular complexity index is 250. The van der Waals surface area contributed by atoms with Crippen LogP contribution in [0.4, 0.5) is 0 Å². The summed E-state index contributed by atoms with van der Waals surface area (Å²) in [4.78, 5) is 15.9. The number of amides is 1. The molecule has 0 aromatic heterocycles. The predicted molar refractivity (Wildman–Crippen MR) is 62.7 cm³/mol. The second-order valence-electron chi connectivity index (χ2n) is 4.68. The molecule has 2 unspecified atom stereocenters. The molecular formula is C12H22N2O. The maximum Gasteiger partial charge on any atom is 0.246 e. The van der Waals surface area contributed by atoms with Gasteiger partial charge in [0.1, 0.15) is 0 Å². The van der Waals surface area contributed by atoms with Gasteiger partial charge in [0, 0.05) is 31.2 Å². The Labute approximate surface area is 92.7 Å². The molecule has 1 fully saturated rings. The summed E-state index contributed by atoms with van der Waals surface area (Å²) in [5.74, 6) is 0.0535. The molecule has 15 heavy (non-hydrogen) atoms. The van der Waals surface area contributed by atoms with Gasteiger partial charge in [0.25, 0.3) is 0 Å². The van der Waals surface area contributed by atoms with Gasteiger partial charge in [-0.05, 0) is 33.8 Å². The Morgan fingerprint density at radius 2 is 1.93 bits per heavy atom. The fraction of sp³-hybridized carbons (Fsp3) is 0.750. The first-order valence-corrected chi connectivity index (χ1v) is 5.66. The summed E-state index contributed by atoms with van der Waals surface area (Å²) in [7, 11) is 0. The summed E-state index contributed by atoms with van der Waals surface area (Å²) in [5.41, 5.74) is 0. The Morgan fingerprint density at radius 1 is 1.33 bits per heavy atom. The summed E-state index contributed by atoms with van der Waals surface area (Å²) < 4.78 is 0. The minimum atomic E-state index is 0.0535. The zero-order valence-electron chi connectivity index (χ0n) is 10.2. The highest BCUT2D eigenvalue weighted by Crippen LogP contribution is 2.17. The van der Waals surface area contributed by atoms with Crippen LogP contribution in [0.15, 0.2) is 12.7 Å². The third-order valence-electron chi connectivity index (χ3n) is 3.16. The normalized spacial score (nSPS) is 28.2. The van der Waals surface area contributed by atoms with Crippen LogP contribution in [0.25, 0.3) is 0 Å². The minimum absolute atomic E-state index is 0.0535. The van der Waals surface area contributed by atoms with Crippen LogP contribution in [0, 0.1) is 0 Å². The van der Waals surface area contributed by atoms with Crippen LogP contribution in [0.5, 0.6) is 0 Å². The van der Waals surface area contributed by atoms with Crippen LogP contribution in [0.3, 0.4) is 0 Å². The van der Waals surface area contributed by atoms with E-state index < -0.39 is 0 Å². The third-order valence-corrected chi connectivity index (χ3v) is 3.16. The number of hydrogen-bond acceptors (Lipinski definition) is 2.